The third-order valence-corrected chi connectivity index (χ3v) is 7.73. The number of hydrogen-bond donors (Lipinski definition) is 3. The third kappa shape index (κ3) is 11.5. The van der Waals surface area contributed by atoms with Crippen LogP contribution < -0.4 is 31.2 Å². The minimum Gasteiger partial charge on any atom is -0.492 e. The number of anilines is 3. The number of halogens is 4. The van der Waals surface area contributed by atoms with Crippen LogP contribution in [0.2, 0.25) is 5.02 Å². The van der Waals surface area contributed by atoms with Crippen LogP contribution in [0.3, 0.4) is 0 Å². The van der Waals surface area contributed by atoms with Gasteiger partial charge in [-0.3, -0.25) is 0 Å². The van der Waals surface area contributed by atoms with Gasteiger partial charge in [0.25, 0.3) is 0 Å². The number of alkyl halides is 3. The molecule has 274 valence electrons. The van der Waals surface area contributed by atoms with E-state index < -0.39 is 36.1 Å². The molecule has 2 aromatic carbocycles. The fraction of sp³-hybridized carbons (Fsp3) is 0.424. The van der Waals surface area contributed by atoms with E-state index >= 15 is 0 Å². The molecule has 4 aromatic rings. The van der Waals surface area contributed by atoms with E-state index in [0.29, 0.717) is 54.6 Å². The molecule has 0 atom stereocenters. The lowest BCUT2D eigenvalue weighted by Crippen LogP contribution is -2.44. The van der Waals surface area contributed by atoms with Crippen LogP contribution in [0.25, 0.3) is 0 Å². The van der Waals surface area contributed by atoms with Crippen molar-refractivity contribution in [3.8, 4) is 11.8 Å². The second-order valence-corrected chi connectivity index (χ2v) is 12.9. The first-order valence-electron chi connectivity index (χ1n) is 15.9. The lowest BCUT2D eigenvalue weighted by atomic mass is 9.92. The van der Waals surface area contributed by atoms with Gasteiger partial charge in [-0.1, -0.05) is 43.6 Å². The standard InChI is InChI=1S/C33H37ClF3N7O7/c1-20-26(51-31(46)50-20)16-48-30(45)44-11-4-12-47-25-10-7-22(13-24(25)34)15-39-27-41-28(43-29(42-27)49-19-33(35,36)37)40-23-8-5-21(6-9-23)14-38-17-32(2,3)18-44/h5-10,13,38H,4,11-12,14-19H2,1-3H3,(H2,39,40,41,42,43). The van der Waals surface area contributed by atoms with Crippen LogP contribution in [0.1, 0.15) is 42.9 Å². The molecule has 6 heterocycles. The fourth-order valence-corrected chi connectivity index (χ4v) is 5.26. The topological polar surface area (TPSA) is 166 Å². The molecule has 0 unspecified atom stereocenters. The van der Waals surface area contributed by atoms with Crippen molar-refractivity contribution in [3.05, 3.63) is 80.8 Å². The number of rotatable bonds is 4. The van der Waals surface area contributed by atoms with Crippen molar-refractivity contribution in [2.75, 3.05) is 43.5 Å². The highest BCUT2D eigenvalue weighted by Crippen LogP contribution is 2.27. The number of amides is 1. The molecule has 51 heavy (non-hydrogen) atoms. The summed E-state index contributed by atoms with van der Waals surface area (Å²) in [4.78, 5) is 38.6. The maximum atomic E-state index is 13.3. The Kier molecular flexibility index (Phi) is 11.9. The molecule has 1 amide bonds. The van der Waals surface area contributed by atoms with Gasteiger partial charge in [-0.15, -0.1) is 0 Å². The van der Waals surface area contributed by atoms with E-state index in [9.17, 15) is 22.8 Å². The number of aromatic nitrogens is 3. The van der Waals surface area contributed by atoms with Gasteiger partial charge in [0.2, 0.25) is 11.9 Å². The summed E-state index contributed by atoms with van der Waals surface area (Å²) in [6.07, 6.45) is -4.73. The van der Waals surface area contributed by atoms with Crippen LogP contribution in [0, 0.1) is 12.3 Å². The molecule has 2 aromatic heterocycles. The monoisotopic (exact) mass is 735 g/mol. The fourth-order valence-electron chi connectivity index (χ4n) is 5.01. The summed E-state index contributed by atoms with van der Waals surface area (Å²) < 4.78 is 64.7. The molecule has 0 spiro atoms. The van der Waals surface area contributed by atoms with Gasteiger partial charge in [0.05, 0.1) is 11.6 Å². The van der Waals surface area contributed by atoms with Crippen LogP contribution >= 0.6 is 11.6 Å². The van der Waals surface area contributed by atoms with Crippen molar-refractivity contribution in [1.82, 2.24) is 25.2 Å². The van der Waals surface area contributed by atoms with E-state index in [0.717, 1.165) is 5.56 Å². The van der Waals surface area contributed by atoms with E-state index in [-0.39, 0.29) is 43.2 Å². The van der Waals surface area contributed by atoms with Gasteiger partial charge in [0, 0.05) is 38.4 Å². The zero-order chi connectivity index (χ0) is 36.6. The minimum absolute atomic E-state index is 0.0217. The summed E-state index contributed by atoms with van der Waals surface area (Å²) in [5, 5.41) is 9.70. The largest absolute Gasteiger partial charge is 0.519 e. The molecule has 18 heteroatoms. The van der Waals surface area contributed by atoms with Gasteiger partial charge in [0.1, 0.15) is 5.75 Å². The second-order valence-electron chi connectivity index (χ2n) is 12.5. The summed E-state index contributed by atoms with van der Waals surface area (Å²) in [6.45, 7) is 5.81. The van der Waals surface area contributed by atoms with Crippen LogP contribution in [-0.4, -0.2) is 65.0 Å². The number of carbonyl (C=O) groups is 1. The molecule has 0 fully saturated rings. The predicted octanol–water partition coefficient (Wildman–Crippen LogP) is 6.21. The Morgan fingerprint density at radius 3 is 2.49 bits per heavy atom. The molecule has 4 aliphatic heterocycles. The summed E-state index contributed by atoms with van der Waals surface area (Å²) in [5.41, 5.74) is 1.84. The maximum absolute atomic E-state index is 13.3. The molecule has 8 rings (SSSR count). The number of benzene rings is 2. The summed E-state index contributed by atoms with van der Waals surface area (Å²) in [7, 11) is 0. The van der Waals surface area contributed by atoms with Crippen LogP contribution in [-0.2, 0) is 24.4 Å². The van der Waals surface area contributed by atoms with E-state index in [4.69, 9.17) is 34.6 Å². The first-order valence-corrected chi connectivity index (χ1v) is 16.3. The number of nitrogens with one attached hydrogen (secondary N) is 3. The molecule has 0 saturated heterocycles. The Morgan fingerprint density at radius 1 is 1.04 bits per heavy atom. The van der Waals surface area contributed by atoms with Crippen molar-refractivity contribution in [2.24, 2.45) is 5.41 Å². The van der Waals surface area contributed by atoms with Gasteiger partial charge >= 0.3 is 24.1 Å². The van der Waals surface area contributed by atoms with Gasteiger partial charge < -0.3 is 43.9 Å². The van der Waals surface area contributed by atoms with Gasteiger partial charge in [0.15, 0.2) is 24.7 Å². The molecule has 6 bridgehead atoms. The van der Waals surface area contributed by atoms with Gasteiger partial charge in [-0.2, -0.15) is 28.1 Å². The number of aryl methyl sites for hydroxylation is 1. The molecule has 0 aliphatic carbocycles. The highest BCUT2D eigenvalue weighted by molar-refractivity contribution is 6.32. The summed E-state index contributed by atoms with van der Waals surface area (Å²) in [5.74, 6) is -0.134. The Morgan fingerprint density at radius 2 is 1.78 bits per heavy atom. The molecule has 0 saturated carbocycles. The van der Waals surface area contributed by atoms with Crippen molar-refractivity contribution in [3.63, 3.8) is 0 Å². The van der Waals surface area contributed by atoms with E-state index in [1.807, 2.05) is 26.0 Å². The third-order valence-electron chi connectivity index (χ3n) is 7.44. The van der Waals surface area contributed by atoms with Crippen molar-refractivity contribution >= 4 is 35.3 Å². The summed E-state index contributed by atoms with van der Waals surface area (Å²) in [6, 6.07) is 11.9. The predicted molar refractivity (Wildman–Crippen MR) is 179 cm³/mol. The quantitative estimate of drug-likeness (QED) is 0.217. The van der Waals surface area contributed by atoms with Crippen LogP contribution in [0.15, 0.2) is 56.1 Å². The number of carbonyl (C=O) groups excluding carboxylic acids is 1. The molecular weight excluding hydrogens is 699 g/mol. The molecule has 4 aliphatic rings. The smallest absolute Gasteiger partial charge is 0.492 e. The first-order chi connectivity index (χ1) is 24.2. The first kappa shape index (κ1) is 37.2. The zero-order valence-corrected chi connectivity index (χ0v) is 28.8. The molecule has 14 nitrogen and oxygen atoms in total. The van der Waals surface area contributed by atoms with Gasteiger partial charge in [-0.05, 0) is 54.2 Å². The average Bonchev–Trinajstić information content (AvgIpc) is 3.39. The molecular formula is C33H37ClF3N7O7. The lowest BCUT2D eigenvalue weighted by Gasteiger charge is -2.32. The van der Waals surface area contributed by atoms with Crippen LogP contribution in [0.5, 0.6) is 11.8 Å². The number of hydrogen-bond acceptors (Lipinski definition) is 13. The second kappa shape index (κ2) is 16.3. The van der Waals surface area contributed by atoms with E-state index in [1.54, 1.807) is 42.2 Å². The number of nitrogens with zero attached hydrogens (tertiary/aromatic N) is 4. The van der Waals surface area contributed by atoms with E-state index in [1.165, 1.54) is 0 Å². The molecule has 0 radical (unpaired) electrons. The van der Waals surface area contributed by atoms with Crippen molar-refractivity contribution < 1.29 is 41.0 Å². The maximum Gasteiger partial charge on any atom is 0.519 e. The van der Waals surface area contributed by atoms with Crippen molar-refractivity contribution in [2.45, 2.75) is 53.1 Å². The summed E-state index contributed by atoms with van der Waals surface area (Å²) >= 11 is 6.51. The Bertz CT molecular complexity index is 1850. The normalized spacial score (nSPS) is 15.6. The Balaban J connectivity index is 1.34. The lowest BCUT2D eigenvalue weighted by molar-refractivity contribution is -0.154. The Labute approximate surface area is 295 Å². The minimum atomic E-state index is -4.58. The zero-order valence-electron chi connectivity index (χ0n) is 28.1. The highest BCUT2D eigenvalue weighted by atomic mass is 35.5. The average molecular weight is 736 g/mol. The highest BCUT2D eigenvalue weighted by Gasteiger charge is 2.29. The SMILES string of the molecule is Cc1oc(=O)oc1COC(=O)N1CCCOc2ccc(cc2Cl)CNc2nc(nc(OCC(F)(F)F)n2)Nc2ccc(cc2)CNCC(C)(C)C1. The molecule has 3 N–H and O–H groups in total. The number of ether oxygens (including phenoxy) is 3. The van der Waals surface area contributed by atoms with E-state index in [2.05, 4.69) is 30.9 Å². The van der Waals surface area contributed by atoms with Crippen molar-refractivity contribution in [1.29, 1.82) is 0 Å². The van der Waals surface area contributed by atoms with Crippen LogP contribution in [0.4, 0.5) is 35.5 Å². The van der Waals surface area contributed by atoms with Gasteiger partial charge in [-0.25, -0.2) is 9.59 Å². The Hall–Kier alpha value is -5.03.